The lowest BCUT2D eigenvalue weighted by Crippen LogP contribution is -2.49. The first kappa shape index (κ1) is 16.7. The van der Waals surface area contributed by atoms with E-state index in [1.165, 1.54) is 5.56 Å². The van der Waals surface area contributed by atoms with Crippen LogP contribution in [0, 0.1) is 5.92 Å². The fourth-order valence-electron chi connectivity index (χ4n) is 3.19. The first-order chi connectivity index (χ1) is 11.1. The van der Waals surface area contributed by atoms with Gasteiger partial charge in [-0.2, -0.15) is 0 Å². The molecule has 0 radical (unpaired) electrons. The van der Waals surface area contributed by atoms with Crippen LogP contribution in [-0.4, -0.2) is 37.3 Å². The molecular formula is C19H26O4. The van der Waals surface area contributed by atoms with Gasteiger partial charge in [-0.3, -0.25) is 0 Å². The number of hydrogen-bond acceptors (Lipinski definition) is 4. The minimum atomic E-state index is -0.611. The molecule has 0 unspecified atom stereocenters. The second-order valence-electron chi connectivity index (χ2n) is 6.72. The predicted molar refractivity (Wildman–Crippen MR) is 88.0 cm³/mol. The molecule has 4 heteroatoms. The van der Waals surface area contributed by atoms with Gasteiger partial charge in [-0.25, -0.2) is 0 Å². The largest absolute Gasteiger partial charge is 0.374 e. The maximum Gasteiger partial charge on any atom is 0.163 e. The second-order valence-corrected chi connectivity index (χ2v) is 6.72. The summed E-state index contributed by atoms with van der Waals surface area (Å²) in [5, 5.41) is 0. The van der Waals surface area contributed by atoms with Gasteiger partial charge in [0.1, 0.15) is 0 Å². The molecule has 0 bridgehead atoms. The van der Waals surface area contributed by atoms with Gasteiger partial charge < -0.3 is 18.9 Å². The highest BCUT2D eigenvalue weighted by Crippen LogP contribution is 2.35. The molecule has 0 spiro atoms. The van der Waals surface area contributed by atoms with Crippen molar-refractivity contribution in [3.05, 3.63) is 48.6 Å². The summed E-state index contributed by atoms with van der Waals surface area (Å²) >= 11 is 0. The summed E-state index contributed by atoms with van der Waals surface area (Å²) in [6.07, 6.45) is 3.08. The van der Waals surface area contributed by atoms with Crippen LogP contribution in [0.4, 0.5) is 0 Å². The summed E-state index contributed by atoms with van der Waals surface area (Å²) in [5.41, 5.74) is 1.17. The Hall–Kier alpha value is -1.20. The highest BCUT2D eigenvalue weighted by Gasteiger charge is 2.44. The van der Waals surface area contributed by atoms with Crippen LogP contribution in [0.2, 0.25) is 0 Å². The van der Waals surface area contributed by atoms with Crippen LogP contribution in [0.5, 0.6) is 0 Å². The van der Waals surface area contributed by atoms with E-state index < -0.39 is 5.79 Å². The van der Waals surface area contributed by atoms with Crippen LogP contribution < -0.4 is 0 Å². The van der Waals surface area contributed by atoms with Gasteiger partial charge in [0.2, 0.25) is 0 Å². The van der Waals surface area contributed by atoms with Crippen LogP contribution in [0.25, 0.3) is 0 Å². The van der Waals surface area contributed by atoms with Gasteiger partial charge in [-0.15, -0.1) is 6.58 Å². The average Bonchev–Trinajstić information content (AvgIpc) is 3.32. The van der Waals surface area contributed by atoms with E-state index in [9.17, 15) is 0 Å². The van der Waals surface area contributed by atoms with Gasteiger partial charge >= 0.3 is 0 Å². The maximum atomic E-state index is 6.09. The fraction of sp³-hybridized carbons (Fsp3) is 0.579. The highest BCUT2D eigenvalue weighted by molar-refractivity contribution is 5.13. The molecule has 23 heavy (non-hydrogen) atoms. The smallest absolute Gasteiger partial charge is 0.163 e. The van der Waals surface area contributed by atoms with Gasteiger partial charge in [-0.05, 0) is 19.4 Å². The summed E-state index contributed by atoms with van der Waals surface area (Å²) < 4.78 is 23.4. The molecule has 1 aromatic carbocycles. The molecule has 0 aromatic heterocycles. The van der Waals surface area contributed by atoms with E-state index in [0.717, 1.165) is 13.0 Å². The molecule has 2 fully saturated rings. The average molecular weight is 318 g/mol. The van der Waals surface area contributed by atoms with Crippen molar-refractivity contribution in [2.45, 2.75) is 51.0 Å². The number of epoxide rings is 1. The Morgan fingerprint density at radius 3 is 2.65 bits per heavy atom. The summed E-state index contributed by atoms with van der Waals surface area (Å²) in [6.45, 7) is 9.81. The van der Waals surface area contributed by atoms with E-state index in [-0.39, 0.29) is 24.2 Å². The van der Waals surface area contributed by atoms with Crippen molar-refractivity contribution in [1.82, 2.24) is 0 Å². The number of rotatable bonds is 7. The quantitative estimate of drug-likeness (QED) is 0.571. The van der Waals surface area contributed by atoms with Crippen LogP contribution in [-0.2, 0) is 25.6 Å². The van der Waals surface area contributed by atoms with Gasteiger partial charge in [0.05, 0.1) is 38.1 Å². The normalized spacial score (nSPS) is 30.6. The standard InChI is InChI=1S/C19H26O4/c1-4-16(18-13-21-18)17-10-15(22-19(2,3)23-17)12-20-11-14-8-6-5-7-9-14/h4-9,15-18H,1,10-13H2,2-3H3/t15-,16+,17+,18+/m1/s1. The molecule has 2 aliphatic rings. The van der Waals surface area contributed by atoms with Crippen molar-refractivity contribution in [2.24, 2.45) is 5.92 Å². The summed E-state index contributed by atoms with van der Waals surface area (Å²) in [4.78, 5) is 0. The molecule has 0 aliphatic carbocycles. The van der Waals surface area contributed by atoms with Crippen molar-refractivity contribution in [1.29, 1.82) is 0 Å². The lowest BCUT2D eigenvalue weighted by atomic mass is 9.93. The Morgan fingerprint density at radius 1 is 1.26 bits per heavy atom. The Balaban J connectivity index is 1.54. The fourth-order valence-corrected chi connectivity index (χ4v) is 3.19. The Labute approximate surface area is 138 Å². The van der Waals surface area contributed by atoms with Crippen molar-refractivity contribution in [2.75, 3.05) is 13.2 Å². The Bertz CT molecular complexity index is 509. The summed E-state index contributed by atoms with van der Waals surface area (Å²) in [7, 11) is 0. The molecule has 4 atom stereocenters. The van der Waals surface area contributed by atoms with Crippen molar-refractivity contribution in [3.63, 3.8) is 0 Å². The van der Waals surface area contributed by atoms with Gasteiger partial charge in [0.25, 0.3) is 0 Å². The first-order valence-corrected chi connectivity index (χ1v) is 8.29. The maximum absolute atomic E-state index is 6.09. The van der Waals surface area contributed by atoms with E-state index in [2.05, 4.69) is 18.7 Å². The molecule has 0 N–H and O–H groups in total. The molecule has 126 valence electrons. The van der Waals surface area contributed by atoms with Crippen LogP contribution in [0.15, 0.2) is 43.0 Å². The molecule has 1 aromatic rings. The SMILES string of the molecule is C=C[C@H]([C@@H]1CO1)[C@@H]1C[C@H](COCc2ccccc2)OC(C)(C)O1. The Kier molecular flexibility index (Phi) is 5.17. The molecule has 4 nitrogen and oxygen atoms in total. The molecule has 2 heterocycles. The third-order valence-corrected chi connectivity index (χ3v) is 4.29. The molecular weight excluding hydrogens is 292 g/mol. The molecule has 0 saturated carbocycles. The van der Waals surface area contributed by atoms with E-state index in [1.807, 2.05) is 38.1 Å². The third-order valence-electron chi connectivity index (χ3n) is 4.29. The molecule has 2 saturated heterocycles. The number of benzene rings is 1. The predicted octanol–water partition coefficient (Wildman–Crippen LogP) is 3.31. The highest BCUT2D eigenvalue weighted by atomic mass is 16.7. The number of hydrogen-bond donors (Lipinski definition) is 0. The third kappa shape index (κ3) is 4.64. The lowest BCUT2D eigenvalue weighted by molar-refractivity contribution is -0.312. The Morgan fingerprint density at radius 2 is 2.00 bits per heavy atom. The minimum Gasteiger partial charge on any atom is -0.374 e. The summed E-state index contributed by atoms with van der Waals surface area (Å²) in [6, 6.07) is 10.2. The molecule has 3 rings (SSSR count). The molecule has 2 aliphatic heterocycles. The van der Waals surface area contributed by atoms with Crippen LogP contribution >= 0.6 is 0 Å². The zero-order valence-electron chi connectivity index (χ0n) is 13.9. The monoisotopic (exact) mass is 318 g/mol. The lowest BCUT2D eigenvalue weighted by Gasteiger charge is -2.42. The molecule has 0 amide bonds. The zero-order valence-corrected chi connectivity index (χ0v) is 13.9. The number of ether oxygens (including phenoxy) is 4. The topological polar surface area (TPSA) is 40.2 Å². The second kappa shape index (κ2) is 7.14. The van der Waals surface area contributed by atoms with Crippen molar-refractivity contribution in [3.8, 4) is 0 Å². The van der Waals surface area contributed by atoms with Gasteiger partial charge in [-0.1, -0.05) is 36.4 Å². The first-order valence-electron chi connectivity index (χ1n) is 8.29. The van der Waals surface area contributed by atoms with Crippen molar-refractivity contribution < 1.29 is 18.9 Å². The summed E-state index contributed by atoms with van der Waals surface area (Å²) in [5.74, 6) is -0.394. The van der Waals surface area contributed by atoms with Crippen molar-refractivity contribution >= 4 is 0 Å². The van der Waals surface area contributed by atoms with Crippen LogP contribution in [0.3, 0.4) is 0 Å². The van der Waals surface area contributed by atoms with Gasteiger partial charge in [0.15, 0.2) is 5.79 Å². The zero-order chi connectivity index (χ0) is 16.3. The minimum absolute atomic E-state index is 0.0219. The van der Waals surface area contributed by atoms with E-state index >= 15 is 0 Å². The van der Waals surface area contributed by atoms with Gasteiger partial charge in [0, 0.05) is 12.3 Å². The van der Waals surface area contributed by atoms with E-state index in [0.29, 0.717) is 13.2 Å². The van der Waals surface area contributed by atoms with Crippen LogP contribution in [0.1, 0.15) is 25.8 Å². The van der Waals surface area contributed by atoms with E-state index in [4.69, 9.17) is 18.9 Å². The van der Waals surface area contributed by atoms with E-state index in [1.54, 1.807) is 0 Å².